The van der Waals surface area contributed by atoms with Gasteiger partial charge >= 0.3 is 0 Å². The highest BCUT2D eigenvalue weighted by Gasteiger charge is 2.17. The highest BCUT2D eigenvalue weighted by atomic mass is 32.2. The summed E-state index contributed by atoms with van der Waals surface area (Å²) in [6.45, 7) is 10.1. The Morgan fingerprint density at radius 1 is 1.24 bits per heavy atom. The maximum Gasteiger partial charge on any atom is 0.0577 e. The summed E-state index contributed by atoms with van der Waals surface area (Å²) in [5.74, 6) is 1.23. The van der Waals surface area contributed by atoms with Gasteiger partial charge in [0.05, 0.1) is 6.61 Å². The SMILES string of the molecule is CCNC(CS(=O)CCOC)c1ccc(C(C)(C)C)cc1. The van der Waals surface area contributed by atoms with E-state index in [2.05, 4.69) is 57.3 Å². The predicted octanol–water partition coefficient (Wildman–Crippen LogP) is 3.03. The lowest BCUT2D eigenvalue weighted by Gasteiger charge is -2.22. The Hall–Kier alpha value is -0.710. The molecule has 1 N–H and O–H groups in total. The Bertz CT molecular complexity index is 437. The molecule has 0 aromatic heterocycles. The standard InChI is InChI=1S/C17H29NO2S/c1-6-18-16(13-21(19)12-11-20-5)14-7-9-15(10-8-14)17(2,3)4/h7-10,16,18H,6,11-13H2,1-5H3. The fourth-order valence-corrected chi connectivity index (χ4v) is 3.38. The van der Waals surface area contributed by atoms with E-state index in [1.165, 1.54) is 11.1 Å². The second-order valence-corrected chi connectivity index (χ2v) is 7.91. The minimum Gasteiger partial charge on any atom is -0.384 e. The van der Waals surface area contributed by atoms with E-state index in [1.54, 1.807) is 7.11 Å². The maximum atomic E-state index is 12.1. The summed E-state index contributed by atoms with van der Waals surface area (Å²) in [6.07, 6.45) is 0. The lowest BCUT2D eigenvalue weighted by Crippen LogP contribution is -2.27. The minimum atomic E-state index is -0.862. The highest BCUT2D eigenvalue weighted by molar-refractivity contribution is 7.85. The average Bonchev–Trinajstić information content (AvgIpc) is 2.44. The second-order valence-electron chi connectivity index (χ2n) is 6.29. The lowest BCUT2D eigenvalue weighted by molar-refractivity contribution is 0.218. The van der Waals surface area contributed by atoms with Crippen molar-refractivity contribution in [3.63, 3.8) is 0 Å². The topological polar surface area (TPSA) is 38.3 Å². The van der Waals surface area contributed by atoms with Crippen LogP contribution in [0.3, 0.4) is 0 Å². The quantitative estimate of drug-likeness (QED) is 0.802. The largest absolute Gasteiger partial charge is 0.384 e. The zero-order valence-electron chi connectivity index (χ0n) is 13.9. The Balaban J connectivity index is 2.78. The van der Waals surface area contributed by atoms with Gasteiger partial charge in [-0.2, -0.15) is 0 Å². The number of nitrogens with one attached hydrogen (secondary N) is 1. The van der Waals surface area contributed by atoms with Gasteiger partial charge in [0.2, 0.25) is 0 Å². The van der Waals surface area contributed by atoms with Crippen LogP contribution in [-0.2, 0) is 21.0 Å². The van der Waals surface area contributed by atoms with E-state index in [4.69, 9.17) is 4.74 Å². The van der Waals surface area contributed by atoms with Crippen LogP contribution in [0, 0.1) is 0 Å². The van der Waals surface area contributed by atoms with E-state index in [0.29, 0.717) is 18.1 Å². The van der Waals surface area contributed by atoms with Gasteiger partial charge in [-0.1, -0.05) is 52.0 Å². The first-order valence-corrected chi connectivity index (χ1v) is 9.05. The van der Waals surface area contributed by atoms with Crippen LogP contribution < -0.4 is 5.32 Å². The van der Waals surface area contributed by atoms with Crippen LogP contribution in [0.5, 0.6) is 0 Å². The molecule has 1 aromatic rings. The van der Waals surface area contributed by atoms with Crippen LogP contribution in [0.15, 0.2) is 24.3 Å². The van der Waals surface area contributed by atoms with Crippen molar-refractivity contribution in [2.45, 2.75) is 39.2 Å². The van der Waals surface area contributed by atoms with E-state index in [-0.39, 0.29) is 11.5 Å². The fraction of sp³-hybridized carbons (Fsp3) is 0.647. The number of benzene rings is 1. The normalized spacial score (nSPS) is 14.9. The van der Waals surface area contributed by atoms with Crippen molar-refractivity contribution in [3.05, 3.63) is 35.4 Å². The van der Waals surface area contributed by atoms with Crippen LogP contribution in [-0.4, -0.2) is 36.0 Å². The third kappa shape index (κ3) is 6.29. The molecule has 0 aliphatic rings. The number of methoxy groups -OCH3 is 1. The smallest absolute Gasteiger partial charge is 0.0577 e. The minimum absolute atomic E-state index is 0.140. The van der Waals surface area contributed by atoms with Crippen LogP contribution in [0.1, 0.15) is 44.9 Å². The molecule has 120 valence electrons. The fourth-order valence-electron chi connectivity index (χ4n) is 2.18. The molecule has 1 rings (SSSR count). The van der Waals surface area contributed by atoms with Crippen molar-refractivity contribution in [2.24, 2.45) is 0 Å². The number of hydrogen-bond donors (Lipinski definition) is 1. The molecule has 0 heterocycles. The summed E-state index contributed by atoms with van der Waals surface area (Å²) >= 11 is 0. The van der Waals surface area contributed by atoms with Crippen LogP contribution in [0.4, 0.5) is 0 Å². The molecule has 21 heavy (non-hydrogen) atoms. The van der Waals surface area contributed by atoms with Gasteiger partial charge in [0.25, 0.3) is 0 Å². The zero-order valence-corrected chi connectivity index (χ0v) is 14.8. The molecule has 0 bridgehead atoms. The van der Waals surface area contributed by atoms with E-state index in [0.717, 1.165) is 6.54 Å². The van der Waals surface area contributed by atoms with Crippen molar-refractivity contribution in [1.82, 2.24) is 5.32 Å². The average molecular weight is 311 g/mol. The van der Waals surface area contributed by atoms with E-state index in [1.807, 2.05) is 0 Å². The van der Waals surface area contributed by atoms with Gasteiger partial charge in [-0.15, -0.1) is 0 Å². The van der Waals surface area contributed by atoms with Crippen LogP contribution in [0.25, 0.3) is 0 Å². The molecular formula is C17H29NO2S. The van der Waals surface area contributed by atoms with Crippen molar-refractivity contribution in [2.75, 3.05) is 31.8 Å². The molecule has 1 aromatic carbocycles. The number of ether oxygens (including phenoxy) is 1. The summed E-state index contributed by atoms with van der Waals surface area (Å²) in [5.41, 5.74) is 2.69. The van der Waals surface area contributed by atoms with Gasteiger partial charge in [0.15, 0.2) is 0 Å². The molecule has 2 unspecified atom stereocenters. The summed E-state index contributed by atoms with van der Waals surface area (Å²) in [7, 11) is 0.781. The van der Waals surface area contributed by atoms with Crippen molar-refractivity contribution >= 4 is 10.8 Å². The molecule has 0 saturated heterocycles. The van der Waals surface area contributed by atoms with E-state index < -0.39 is 10.8 Å². The summed E-state index contributed by atoms with van der Waals surface area (Å²) < 4.78 is 17.1. The third-order valence-electron chi connectivity index (χ3n) is 3.50. The van der Waals surface area contributed by atoms with Crippen LogP contribution >= 0.6 is 0 Å². The Kier molecular flexibility index (Phi) is 7.57. The van der Waals surface area contributed by atoms with Crippen molar-refractivity contribution in [3.8, 4) is 0 Å². The predicted molar refractivity (Wildman–Crippen MR) is 91.3 cm³/mol. The molecule has 0 aliphatic carbocycles. The van der Waals surface area contributed by atoms with Crippen molar-refractivity contribution < 1.29 is 8.95 Å². The van der Waals surface area contributed by atoms with Crippen LogP contribution in [0.2, 0.25) is 0 Å². The molecule has 0 spiro atoms. The third-order valence-corrected chi connectivity index (χ3v) is 4.82. The second kappa shape index (κ2) is 8.66. The Morgan fingerprint density at radius 2 is 1.86 bits per heavy atom. The van der Waals surface area contributed by atoms with E-state index >= 15 is 0 Å². The van der Waals surface area contributed by atoms with Gasteiger partial charge in [-0.25, -0.2) is 0 Å². The number of hydrogen-bond acceptors (Lipinski definition) is 3. The van der Waals surface area contributed by atoms with Gasteiger partial charge in [-0.05, 0) is 23.1 Å². The Morgan fingerprint density at radius 3 is 2.33 bits per heavy atom. The van der Waals surface area contributed by atoms with Gasteiger partial charge < -0.3 is 10.1 Å². The first-order chi connectivity index (χ1) is 9.88. The molecule has 2 atom stereocenters. The molecule has 0 amide bonds. The summed E-state index contributed by atoms with van der Waals surface area (Å²) in [4.78, 5) is 0. The number of rotatable bonds is 8. The first kappa shape index (κ1) is 18.3. The zero-order chi connectivity index (χ0) is 15.9. The molecule has 0 radical (unpaired) electrons. The van der Waals surface area contributed by atoms with Gasteiger partial charge in [-0.3, -0.25) is 4.21 Å². The molecular weight excluding hydrogens is 282 g/mol. The molecule has 3 nitrogen and oxygen atoms in total. The molecule has 0 fully saturated rings. The maximum absolute atomic E-state index is 12.1. The molecule has 4 heteroatoms. The highest BCUT2D eigenvalue weighted by Crippen LogP contribution is 2.24. The Labute approximate surface area is 131 Å². The van der Waals surface area contributed by atoms with Gasteiger partial charge in [0.1, 0.15) is 0 Å². The lowest BCUT2D eigenvalue weighted by atomic mass is 9.86. The molecule has 0 saturated carbocycles. The first-order valence-electron chi connectivity index (χ1n) is 7.56. The van der Waals surface area contributed by atoms with E-state index in [9.17, 15) is 4.21 Å². The molecule has 0 aliphatic heterocycles. The van der Waals surface area contributed by atoms with Crippen molar-refractivity contribution in [1.29, 1.82) is 0 Å². The monoisotopic (exact) mass is 311 g/mol. The summed E-state index contributed by atoms with van der Waals surface area (Å²) in [5, 5.41) is 3.43. The summed E-state index contributed by atoms with van der Waals surface area (Å²) in [6, 6.07) is 8.81. The van der Waals surface area contributed by atoms with Gasteiger partial charge in [0, 0.05) is 35.5 Å².